The molecule has 1 aliphatic rings. The monoisotopic (exact) mass is 215 g/mol. The molecular weight excluding hydrogens is 190 g/mol. The molecule has 1 fully saturated rings. The third-order valence-electron chi connectivity index (χ3n) is 3.01. The van der Waals surface area contributed by atoms with Gasteiger partial charge in [-0.15, -0.1) is 0 Å². The molecule has 1 aliphatic heterocycles. The van der Waals surface area contributed by atoms with Gasteiger partial charge in [-0.25, -0.2) is 0 Å². The van der Waals surface area contributed by atoms with Gasteiger partial charge in [0.15, 0.2) is 0 Å². The highest BCUT2D eigenvalue weighted by Crippen LogP contribution is 2.19. The first-order valence-electron chi connectivity index (χ1n) is 6.27. The van der Waals surface area contributed by atoms with Crippen molar-refractivity contribution in [1.82, 2.24) is 5.32 Å². The number of hydrogen-bond acceptors (Lipinski definition) is 3. The van der Waals surface area contributed by atoms with Crippen LogP contribution in [0, 0.1) is 5.92 Å². The van der Waals surface area contributed by atoms with E-state index in [0.717, 1.165) is 45.8 Å². The molecule has 0 bridgehead atoms. The Kier molecular flexibility index (Phi) is 6.98. The minimum atomic E-state index is 0.658. The van der Waals surface area contributed by atoms with Crippen LogP contribution < -0.4 is 5.32 Å². The van der Waals surface area contributed by atoms with Gasteiger partial charge in [0.05, 0.1) is 6.61 Å². The molecule has 0 saturated carbocycles. The van der Waals surface area contributed by atoms with Crippen molar-refractivity contribution < 1.29 is 9.47 Å². The molecule has 0 amide bonds. The molecule has 90 valence electrons. The molecular formula is C12H25NO2. The fourth-order valence-electron chi connectivity index (χ4n) is 2.20. The Hall–Kier alpha value is -0.120. The molecule has 1 N–H and O–H groups in total. The maximum Gasteiger partial charge on any atom is 0.0509 e. The summed E-state index contributed by atoms with van der Waals surface area (Å²) < 4.78 is 10.9. The van der Waals surface area contributed by atoms with Gasteiger partial charge in [-0.05, 0) is 38.6 Å². The van der Waals surface area contributed by atoms with Crippen LogP contribution in [0.2, 0.25) is 0 Å². The van der Waals surface area contributed by atoms with Crippen molar-refractivity contribution in [3.63, 3.8) is 0 Å². The normalized spacial score (nSPS) is 26.8. The lowest BCUT2D eigenvalue weighted by atomic mass is 9.91. The van der Waals surface area contributed by atoms with E-state index in [-0.39, 0.29) is 0 Å². The maximum absolute atomic E-state index is 5.53. The van der Waals surface area contributed by atoms with E-state index in [1.54, 1.807) is 0 Å². The summed E-state index contributed by atoms with van der Waals surface area (Å²) in [6.07, 6.45) is 3.54. The first kappa shape index (κ1) is 12.9. The molecule has 0 aromatic carbocycles. The van der Waals surface area contributed by atoms with Crippen LogP contribution in [0.25, 0.3) is 0 Å². The molecule has 0 radical (unpaired) electrons. The topological polar surface area (TPSA) is 30.5 Å². The van der Waals surface area contributed by atoms with Crippen LogP contribution in [0.1, 0.15) is 33.1 Å². The minimum Gasteiger partial charge on any atom is -0.382 e. The standard InChI is InChI=1S/C12H25NO2/c1-3-13-12-7-9-15-10-11(12)6-5-8-14-4-2/h11-13H,3-10H2,1-2H3. The summed E-state index contributed by atoms with van der Waals surface area (Å²) in [5.74, 6) is 0.680. The van der Waals surface area contributed by atoms with E-state index in [1.807, 2.05) is 6.92 Å². The van der Waals surface area contributed by atoms with Crippen molar-refractivity contribution in [2.24, 2.45) is 5.92 Å². The summed E-state index contributed by atoms with van der Waals surface area (Å²) in [6, 6.07) is 0.658. The summed E-state index contributed by atoms with van der Waals surface area (Å²) in [7, 11) is 0. The number of rotatable bonds is 7. The van der Waals surface area contributed by atoms with E-state index in [4.69, 9.17) is 9.47 Å². The quantitative estimate of drug-likeness (QED) is 0.657. The maximum atomic E-state index is 5.53. The van der Waals surface area contributed by atoms with Gasteiger partial charge in [0, 0.05) is 25.9 Å². The average molecular weight is 215 g/mol. The van der Waals surface area contributed by atoms with Gasteiger partial charge in [-0.3, -0.25) is 0 Å². The molecule has 2 atom stereocenters. The summed E-state index contributed by atoms with van der Waals surface area (Å²) in [5, 5.41) is 3.55. The molecule has 0 spiro atoms. The predicted molar refractivity (Wildman–Crippen MR) is 62.1 cm³/mol. The van der Waals surface area contributed by atoms with Crippen LogP contribution in [0.4, 0.5) is 0 Å². The van der Waals surface area contributed by atoms with Gasteiger partial charge in [0.2, 0.25) is 0 Å². The van der Waals surface area contributed by atoms with Crippen LogP contribution in [-0.4, -0.2) is 39.0 Å². The van der Waals surface area contributed by atoms with E-state index in [1.165, 1.54) is 6.42 Å². The molecule has 1 saturated heterocycles. The summed E-state index contributed by atoms with van der Waals surface area (Å²) in [4.78, 5) is 0. The zero-order valence-corrected chi connectivity index (χ0v) is 10.1. The van der Waals surface area contributed by atoms with Crippen molar-refractivity contribution in [3.8, 4) is 0 Å². The Morgan fingerprint density at radius 1 is 1.40 bits per heavy atom. The largest absolute Gasteiger partial charge is 0.382 e. The molecule has 3 heteroatoms. The van der Waals surface area contributed by atoms with Crippen molar-refractivity contribution in [1.29, 1.82) is 0 Å². The zero-order chi connectivity index (χ0) is 10.9. The minimum absolute atomic E-state index is 0.658. The highest BCUT2D eigenvalue weighted by molar-refractivity contribution is 4.79. The van der Waals surface area contributed by atoms with Crippen LogP contribution >= 0.6 is 0 Å². The van der Waals surface area contributed by atoms with E-state index in [2.05, 4.69) is 12.2 Å². The van der Waals surface area contributed by atoms with Crippen LogP contribution in [0.15, 0.2) is 0 Å². The Morgan fingerprint density at radius 3 is 3.00 bits per heavy atom. The van der Waals surface area contributed by atoms with E-state index in [9.17, 15) is 0 Å². The van der Waals surface area contributed by atoms with Gasteiger partial charge in [0.1, 0.15) is 0 Å². The van der Waals surface area contributed by atoms with Gasteiger partial charge >= 0.3 is 0 Å². The molecule has 0 aliphatic carbocycles. The third-order valence-corrected chi connectivity index (χ3v) is 3.01. The van der Waals surface area contributed by atoms with E-state index >= 15 is 0 Å². The first-order valence-corrected chi connectivity index (χ1v) is 6.27. The lowest BCUT2D eigenvalue weighted by molar-refractivity contribution is 0.0246. The Morgan fingerprint density at radius 2 is 2.27 bits per heavy atom. The summed E-state index contributed by atoms with van der Waals surface area (Å²) in [5.41, 5.74) is 0. The summed E-state index contributed by atoms with van der Waals surface area (Å²) in [6.45, 7) is 8.84. The number of nitrogens with one attached hydrogen (secondary N) is 1. The first-order chi connectivity index (χ1) is 7.38. The second-order valence-electron chi connectivity index (χ2n) is 4.13. The fraction of sp³-hybridized carbons (Fsp3) is 1.00. The lowest BCUT2D eigenvalue weighted by Gasteiger charge is -2.32. The van der Waals surface area contributed by atoms with Gasteiger partial charge < -0.3 is 14.8 Å². The molecule has 0 aromatic heterocycles. The van der Waals surface area contributed by atoms with Crippen molar-refractivity contribution in [2.75, 3.05) is 33.0 Å². The van der Waals surface area contributed by atoms with Crippen LogP contribution in [0.3, 0.4) is 0 Å². The fourth-order valence-corrected chi connectivity index (χ4v) is 2.20. The lowest BCUT2D eigenvalue weighted by Crippen LogP contribution is -2.42. The van der Waals surface area contributed by atoms with Gasteiger partial charge in [-0.2, -0.15) is 0 Å². The van der Waals surface area contributed by atoms with Gasteiger partial charge in [-0.1, -0.05) is 6.92 Å². The Bertz CT molecular complexity index is 151. The average Bonchev–Trinajstić information content (AvgIpc) is 2.27. The second-order valence-corrected chi connectivity index (χ2v) is 4.13. The number of hydrogen-bond donors (Lipinski definition) is 1. The zero-order valence-electron chi connectivity index (χ0n) is 10.1. The molecule has 15 heavy (non-hydrogen) atoms. The summed E-state index contributed by atoms with van der Waals surface area (Å²) >= 11 is 0. The second kappa shape index (κ2) is 8.08. The highest BCUT2D eigenvalue weighted by atomic mass is 16.5. The molecule has 0 aromatic rings. The van der Waals surface area contributed by atoms with Crippen LogP contribution in [0.5, 0.6) is 0 Å². The van der Waals surface area contributed by atoms with E-state index < -0.39 is 0 Å². The van der Waals surface area contributed by atoms with Crippen molar-refractivity contribution >= 4 is 0 Å². The van der Waals surface area contributed by atoms with Crippen molar-refractivity contribution in [2.45, 2.75) is 39.2 Å². The smallest absolute Gasteiger partial charge is 0.0509 e. The predicted octanol–water partition coefficient (Wildman–Crippen LogP) is 1.82. The third kappa shape index (κ3) is 4.96. The molecule has 2 unspecified atom stereocenters. The van der Waals surface area contributed by atoms with Gasteiger partial charge in [0.25, 0.3) is 0 Å². The van der Waals surface area contributed by atoms with Crippen LogP contribution in [-0.2, 0) is 9.47 Å². The van der Waals surface area contributed by atoms with Crippen molar-refractivity contribution in [3.05, 3.63) is 0 Å². The Balaban J connectivity index is 2.17. The number of ether oxygens (including phenoxy) is 2. The SMILES string of the molecule is CCNC1CCOCC1CCCOCC. The van der Waals surface area contributed by atoms with E-state index in [0.29, 0.717) is 12.0 Å². The highest BCUT2D eigenvalue weighted by Gasteiger charge is 2.24. The molecule has 1 rings (SSSR count). The molecule has 3 nitrogen and oxygen atoms in total. The molecule has 1 heterocycles. The Labute approximate surface area is 93.5 Å².